The Kier molecular flexibility index (Phi) is 6.27. The van der Waals surface area contributed by atoms with Crippen LogP contribution in [-0.2, 0) is 6.54 Å². The molecule has 8 nitrogen and oxygen atoms in total. The van der Waals surface area contributed by atoms with Crippen LogP contribution in [0.1, 0.15) is 15.4 Å². The molecule has 1 saturated heterocycles. The van der Waals surface area contributed by atoms with E-state index in [1.807, 2.05) is 29.2 Å². The van der Waals surface area contributed by atoms with Gasteiger partial charge < -0.3 is 9.64 Å². The van der Waals surface area contributed by atoms with E-state index in [9.17, 15) is 14.9 Å². The van der Waals surface area contributed by atoms with E-state index >= 15 is 0 Å². The van der Waals surface area contributed by atoms with Crippen LogP contribution in [-0.4, -0.2) is 58.9 Å². The molecule has 1 aliphatic heterocycles. The van der Waals surface area contributed by atoms with Gasteiger partial charge in [-0.2, -0.15) is 0 Å². The van der Waals surface area contributed by atoms with Gasteiger partial charge in [0.2, 0.25) is 0 Å². The number of amides is 1. The molecular formula is C24H22N4O4S2. The standard InChI is InChI=1S/C24H22N4O4S2/c1-32-20-5-2-16(3-6-20)23-25-18(15-33-23)14-26-8-10-27(11-9-26)24(29)22-13-17-12-19(28(30)31)4-7-21(17)34-22/h2-7,12-13,15H,8-11,14H2,1H3. The Balaban J connectivity index is 1.19. The predicted molar refractivity (Wildman–Crippen MR) is 134 cm³/mol. The summed E-state index contributed by atoms with van der Waals surface area (Å²) in [4.78, 5) is 33.2. The van der Waals surface area contributed by atoms with Crippen LogP contribution < -0.4 is 4.74 Å². The number of thiazole rings is 1. The number of methoxy groups -OCH3 is 1. The number of nitrogens with zero attached hydrogens (tertiary/aromatic N) is 4. The van der Waals surface area contributed by atoms with Crippen molar-refractivity contribution in [2.45, 2.75) is 6.54 Å². The van der Waals surface area contributed by atoms with Gasteiger partial charge in [0.15, 0.2) is 0 Å². The first-order valence-corrected chi connectivity index (χ1v) is 12.5. The molecule has 34 heavy (non-hydrogen) atoms. The third kappa shape index (κ3) is 4.65. The SMILES string of the molecule is COc1ccc(-c2nc(CN3CCN(C(=O)c4cc5cc([N+](=O)[O-])ccc5s4)CC3)cs2)cc1. The maximum absolute atomic E-state index is 13.0. The van der Waals surface area contributed by atoms with E-state index in [4.69, 9.17) is 9.72 Å². The van der Waals surface area contributed by atoms with Crippen LogP contribution in [0.5, 0.6) is 5.75 Å². The largest absolute Gasteiger partial charge is 0.497 e. The average molecular weight is 495 g/mol. The van der Waals surface area contributed by atoms with Gasteiger partial charge in [0.25, 0.3) is 11.6 Å². The van der Waals surface area contributed by atoms with Crippen molar-refractivity contribution in [3.05, 3.63) is 74.6 Å². The van der Waals surface area contributed by atoms with E-state index in [2.05, 4.69) is 10.3 Å². The normalized spacial score (nSPS) is 14.4. The van der Waals surface area contributed by atoms with Gasteiger partial charge in [-0.25, -0.2) is 4.98 Å². The summed E-state index contributed by atoms with van der Waals surface area (Å²) < 4.78 is 6.10. The van der Waals surface area contributed by atoms with Gasteiger partial charge in [0, 0.05) is 65.9 Å². The van der Waals surface area contributed by atoms with Crippen LogP contribution in [0.4, 0.5) is 5.69 Å². The van der Waals surface area contributed by atoms with Gasteiger partial charge >= 0.3 is 0 Å². The molecule has 0 radical (unpaired) electrons. The van der Waals surface area contributed by atoms with Crippen LogP contribution >= 0.6 is 22.7 Å². The zero-order chi connectivity index (χ0) is 23.7. The molecule has 0 bridgehead atoms. The molecule has 2 aromatic carbocycles. The molecule has 0 N–H and O–H groups in total. The van der Waals surface area contributed by atoms with Crippen molar-refractivity contribution in [1.29, 1.82) is 0 Å². The Labute approximate surface area is 204 Å². The molecule has 0 spiro atoms. The monoisotopic (exact) mass is 494 g/mol. The molecule has 5 rings (SSSR count). The fourth-order valence-corrected chi connectivity index (χ4v) is 5.82. The smallest absolute Gasteiger partial charge is 0.270 e. The molecule has 10 heteroatoms. The molecular weight excluding hydrogens is 472 g/mol. The van der Waals surface area contributed by atoms with Crippen LogP contribution in [0, 0.1) is 10.1 Å². The van der Waals surface area contributed by atoms with Gasteiger partial charge in [-0.15, -0.1) is 22.7 Å². The molecule has 3 heterocycles. The summed E-state index contributed by atoms with van der Waals surface area (Å²) in [6.07, 6.45) is 0. The topological polar surface area (TPSA) is 88.8 Å². The van der Waals surface area contributed by atoms with Gasteiger partial charge in [-0.1, -0.05) is 0 Å². The number of hydrogen-bond donors (Lipinski definition) is 0. The number of carbonyl (C=O) groups excluding carboxylic acids is 1. The molecule has 0 saturated carbocycles. The van der Waals surface area contributed by atoms with Gasteiger partial charge in [0.05, 0.1) is 22.6 Å². The summed E-state index contributed by atoms with van der Waals surface area (Å²) in [6, 6.07) is 14.4. The first-order valence-electron chi connectivity index (χ1n) is 10.8. The predicted octanol–water partition coefficient (Wildman–Crippen LogP) is 4.90. The number of nitro benzene ring substituents is 1. The molecule has 0 aliphatic carbocycles. The van der Waals surface area contributed by atoms with Crippen LogP contribution in [0.3, 0.4) is 0 Å². The quantitative estimate of drug-likeness (QED) is 0.280. The highest BCUT2D eigenvalue weighted by molar-refractivity contribution is 7.20. The van der Waals surface area contributed by atoms with E-state index in [0.717, 1.165) is 51.7 Å². The van der Waals surface area contributed by atoms with Crippen molar-refractivity contribution in [3.8, 4) is 16.3 Å². The molecule has 174 valence electrons. The molecule has 4 aromatic rings. The second kappa shape index (κ2) is 9.49. The lowest BCUT2D eigenvalue weighted by Gasteiger charge is -2.34. The maximum Gasteiger partial charge on any atom is 0.270 e. The van der Waals surface area contributed by atoms with Crippen molar-refractivity contribution in [1.82, 2.24) is 14.8 Å². The Morgan fingerprint density at radius 2 is 1.88 bits per heavy atom. The van der Waals surface area contributed by atoms with Crippen LogP contribution in [0.15, 0.2) is 53.9 Å². The summed E-state index contributed by atoms with van der Waals surface area (Å²) in [5.74, 6) is 0.809. The third-order valence-corrected chi connectivity index (χ3v) is 7.90. The first kappa shape index (κ1) is 22.5. The number of benzene rings is 2. The fourth-order valence-electron chi connectivity index (χ4n) is 3.99. The number of fused-ring (bicyclic) bond motifs is 1. The van der Waals surface area contributed by atoms with Gasteiger partial charge in [-0.05, 0) is 36.4 Å². The Morgan fingerprint density at radius 1 is 1.12 bits per heavy atom. The van der Waals surface area contributed by atoms with E-state index in [-0.39, 0.29) is 11.6 Å². The van der Waals surface area contributed by atoms with Gasteiger partial charge in [0.1, 0.15) is 10.8 Å². The number of piperazine rings is 1. The highest BCUT2D eigenvalue weighted by Crippen LogP contribution is 2.30. The summed E-state index contributed by atoms with van der Waals surface area (Å²) in [5, 5.41) is 14.8. The molecule has 1 amide bonds. The molecule has 0 unspecified atom stereocenters. The lowest BCUT2D eigenvalue weighted by molar-refractivity contribution is -0.384. The number of hydrogen-bond acceptors (Lipinski definition) is 8. The summed E-state index contributed by atoms with van der Waals surface area (Å²) >= 11 is 3.01. The lowest BCUT2D eigenvalue weighted by Crippen LogP contribution is -2.48. The van der Waals surface area contributed by atoms with Crippen molar-refractivity contribution < 1.29 is 14.5 Å². The molecule has 1 aliphatic rings. The highest BCUT2D eigenvalue weighted by Gasteiger charge is 2.24. The average Bonchev–Trinajstić information content (AvgIpc) is 3.51. The second-order valence-electron chi connectivity index (χ2n) is 8.03. The minimum absolute atomic E-state index is 0.0149. The van der Waals surface area contributed by atoms with Crippen LogP contribution in [0.25, 0.3) is 20.7 Å². The van der Waals surface area contributed by atoms with E-state index in [0.29, 0.717) is 18.0 Å². The number of rotatable bonds is 6. The first-order chi connectivity index (χ1) is 16.5. The van der Waals surface area contributed by atoms with Crippen molar-refractivity contribution in [2.24, 2.45) is 0 Å². The van der Waals surface area contributed by atoms with Crippen LogP contribution in [0.2, 0.25) is 0 Å². The van der Waals surface area contributed by atoms with E-state index in [1.54, 1.807) is 30.6 Å². The minimum atomic E-state index is -0.417. The van der Waals surface area contributed by atoms with Crippen molar-refractivity contribution in [2.75, 3.05) is 33.3 Å². The summed E-state index contributed by atoms with van der Waals surface area (Å²) in [5.41, 5.74) is 2.14. The highest BCUT2D eigenvalue weighted by atomic mass is 32.1. The molecule has 1 fully saturated rings. The number of ether oxygens (including phenoxy) is 1. The van der Waals surface area contributed by atoms with E-state index < -0.39 is 4.92 Å². The summed E-state index contributed by atoms with van der Waals surface area (Å²) in [6.45, 7) is 3.58. The number of nitro groups is 1. The molecule has 2 aromatic heterocycles. The lowest BCUT2D eigenvalue weighted by atomic mass is 10.2. The van der Waals surface area contributed by atoms with Gasteiger partial charge in [-0.3, -0.25) is 19.8 Å². The number of non-ortho nitro benzene ring substituents is 1. The minimum Gasteiger partial charge on any atom is -0.497 e. The third-order valence-electron chi connectivity index (χ3n) is 5.86. The number of thiophene rings is 1. The number of carbonyl (C=O) groups is 1. The fraction of sp³-hybridized carbons (Fsp3) is 0.250. The van der Waals surface area contributed by atoms with Crippen molar-refractivity contribution in [3.63, 3.8) is 0 Å². The van der Waals surface area contributed by atoms with Crippen molar-refractivity contribution >= 4 is 44.4 Å². The second-order valence-corrected chi connectivity index (χ2v) is 9.97. The molecule has 0 atom stereocenters. The summed E-state index contributed by atoms with van der Waals surface area (Å²) in [7, 11) is 1.65. The zero-order valence-electron chi connectivity index (χ0n) is 18.5. The Hall–Kier alpha value is -3.34. The zero-order valence-corrected chi connectivity index (χ0v) is 20.1. The Bertz CT molecular complexity index is 1340. The maximum atomic E-state index is 13.0. The van der Waals surface area contributed by atoms with E-state index in [1.165, 1.54) is 23.5 Å². The Morgan fingerprint density at radius 3 is 2.59 bits per heavy atom. The number of aromatic nitrogens is 1.